The maximum atomic E-state index is 11.9. The van der Waals surface area contributed by atoms with Gasteiger partial charge in [-0.05, 0) is 31.6 Å². The van der Waals surface area contributed by atoms with E-state index in [0.717, 1.165) is 12.8 Å². The summed E-state index contributed by atoms with van der Waals surface area (Å²) in [6, 6.07) is 0. The summed E-state index contributed by atoms with van der Waals surface area (Å²) in [5, 5.41) is 0. The number of rotatable bonds is 15. The molecule has 0 heterocycles. The molecule has 0 aliphatic heterocycles. The van der Waals surface area contributed by atoms with Crippen LogP contribution in [0.1, 0.15) is 111 Å². The van der Waals surface area contributed by atoms with E-state index < -0.39 is 0 Å². The molecule has 0 radical (unpaired) electrons. The Morgan fingerprint density at radius 2 is 1.23 bits per heavy atom. The maximum Gasteiger partial charge on any atom is 0.306 e. The van der Waals surface area contributed by atoms with E-state index in [9.17, 15) is 4.79 Å². The third kappa shape index (κ3) is 14.4. The van der Waals surface area contributed by atoms with Crippen molar-refractivity contribution in [2.75, 3.05) is 0 Å². The number of unbranched alkanes of at least 4 members (excludes halogenated alkanes) is 8. The van der Waals surface area contributed by atoms with E-state index in [0.29, 0.717) is 12.3 Å². The number of hydrogen-bond acceptors (Lipinski definition) is 2. The lowest BCUT2D eigenvalue weighted by Crippen LogP contribution is -2.19. The van der Waals surface area contributed by atoms with Crippen molar-refractivity contribution < 1.29 is 9.53 Å². The highest BCUT2D eigenvalue weighted by molar-refractivity contribution is 5.69. The highest BCUT2D eigenvalue weighted by atomic mass is 16.5. The van der Waals surface area contributed by atoms with E-state index in [1.165, 1.54) is 64.2 Å². The Balaban J connectivity index is 3.96. The van der Waals surface area contributed by atoms with E-state index in [2.05, 4.69) is 27.7 Å². The SMILES string of the molecule is CCCCCCCCC(CCCCCC)OC(=O)CC(C)C. The van der Waals surface area contributed by atoms with Crippen molar-refractivity contribution in [3.63, 3.8) is 0 Å². The fraction of sp³-hybridized carbons (Fsp3) is 0.950. The molecule has 132 valence electrons. The van der Waals surface area contributed by atoms with Gasteiger partial charge < -0.3 is 4.74 Å². The zero-order valence-electron chi connectivity index (χ0n) is 15.7. The molecule has 0 aromatic rings. The first-order valence-corrected chi connectivity index (χ1v) is 9.79. The van der Waals surface area contributed by atoms with Crippen LogP contribution in [-0.4, -0.2) is 12.1 Å². The van der Waals surface area contributed by atoms with E-state index in [-0.39, 0.29) is 12.1 Å². The van der Waals surface area contributed by atoms with E-state index in [4.69, 9.17) is 4.74 Å². The summed E-state index contributed by atoms with van der Waals surface area (Å²) < 4.78 is 5.73. The van der Waals surface area contributed by atoms with E-state index >= 15 is 0 Å². The van der Waals surface area contributed by atoms with Gasteiger partial charge in [0, 0.05) is 6.42 Å². The van der Waals surface area contributed by atoms with Crippen molar-refractivity contribution in [3.05, 3.63) is 0 Å². The van der Waals surface area contributed by atoms with Crippen LogP contribution < -0.4 is 0 Å². The Morgan fingerprint density at radius 1 is 0.773 bits per heavy atom. The maximum absolute atomic E-state index is 11.9. The van der Waals surface area contributed by atoms with Crippen molar-refractivity contribution in [1.29, 1.82) is 0 Å². The zero-order valence-corrected chi connectivity index (χ0v) is 15.7. The van der Waals surface area contributed by atoms with Crippen molar-refractivity contribution >= 4 is 5.97 Å². The third-order valence-corrected chi connectivity index (χ3v) is 4.13. The highest BCUT2D eigenvalue weighted by Gasteiger charge is 2.15. The molecular weight excluding hydrogens is 272 g/mol. The molecule has 0 saturated carbocycles. The first-order valence-electron chi connectivity index (χ1n) is 9.79. The predicted molar refractivity (Wildman–Crippen MR) is 96.1 cm³/mol. The molecule has 22 heavy (non-hydrogen) atoms. The van der Waals surface area contributed by atoms with Gasteiger partial charge in [-0.3, -0.25) is 4.79 Å². The highest BCUT2D eigenvalue weighted by Crippen LogP contribution is 2.17. The van der Waals surface area contributed by atoms with Gasteiger partial charge in [0.1, 0.15) is 6.10 Å². The van der Waals surface area contributed by atoms with Gasteiger partial charge >= 0.3 is 5.97 Å². The van der Waals surface area contributed by atoms with Gasteiger partial charge in [-0.25, -0.2) is 0 Å². The Bertz CT molecular complexity index is 248. The predicted octanol–water partition coefficient (Wildman–Crippen LogP) is 6.67. The van der Waals surface area contributed by atoms with Gasteiger partial charge in [0.25, 0.3) is 0 Å². The van der Waals surface area contributed by atoms with Gasteiger partial charge in [-0.15, -0.1) is 0 Å². The molecule has 0 fully saturated rings. The Morgan fingerprint density at radius 3 is 1.73 bits per heavy atom. The van der Waals surface area contributed by atoms with Crippen LogP contribution in [0.25, 0.3) is 0 Å². The zero-order chi connectivity index (χ0) is 16.6. The quantitative estimate of drug-likeness (QED) is 0.249. The first-order chi connectivity index (χ1) is 10.6. The fourth-order valence-corrected chi connectivity index (χ4v) is 2.78. The first kappa shape index (κ1) is 21.5. The number of hydrogen-bond donors (Lipinski definition) is 0. The van der Waals surface area contributed by atoms with Crippen molar-refractivity contribution in [2.45, 2.75) is 117 Å². The van der Waals surface area contributed by atoms with Crippen LogP contribution in [0, 0.1) is 5.92 Å². The molecule has 0 amide bonds. The number of carbonyl (C=O) groups excluding carboxylic acids is 1. The number of ether oxygens (including phenoxy) is 1. The topological polar surface area (TPSA) is 26.3 Å². The average Bonchev–Trinajstić information content (AvgIpc) is 2.46. The lowest BCUT2D eigenvalue weighted by atomic mass is 10.0. The minimum atomic E-state index is 0.00137. The average molecular weight is 313 g/mol. The molecule has 0 aliphatic carbocycles. The second-order valence-corrected chi connectivity index (χ2v) is 7.12. The minimum absolute atomic E-state index is 0.00137. The summed E-state index contributed by atoms with van der Waals surface area (Å²) in [4.78, 5) is 11.9. The van der Waals surface area contributed by atoms with Crippen LogP contribution in [0.15, 0.2) is 0 Å². The molecule has 0 N–H and O–H groups in total. The molecular formula is C20H40O2. The molecule has 0 bridgehead atoms. The second-order valence-electron chi connectivity index (χ2n) is 7.12. The van der Waals surface area contributed by atoms with Gasteiger partial charge in [0.05, 0.1) is 0 Å². The van der Waals surface area contributed by atoms with Crippen LogP contribution in [0.3, 0.4) is 0 Å². The lowest BCUT2D eigenvalue weighted by Gasteiger charge is -2.18. The molecule has 0 spiro atoms. The molecule has 0 saturated heterocycles. The monoisotopic (exact) mass is 312 g/mol. The Hall–Kier alpha value is -0.530. The van der Waals surface area contributed by atoms with Crippen LogP contribution in [-0.2, 0) is 9.53 Å². The summed E-state index contributed by atoms with van der Waals surface area (Å²) >= 11 is 0. The normalized spacial score (nSPS) is 12.6. The summed E-state index contributed by atoms with van der Waals surface area (Å²) in [6.07, 6.45) is 15.7. The minimum Gasteiger partial charge on any atom is -0.462 e. The molecule has 2 nitrogen and oxygen atoms in total. The molecule has 1 unspecified atom stereocenters. The second kappa shape index (κ2) is 15.4. The van der Waals surface area contributed by atoms with Gasteiger partial charge in [0.2, 0.25) is 0 Å². The van der Waals surface area contributed by atoms with Crippen molar-refractivity contribution in [3.8, 4) is 0 Å². The van der Waals surface area contributed by atoms with Crippen LogP contribution in [0.4, 0.5) is 0 Å². The standard InChI is InChI=1S/C20H40O2/c1-5-7-9-11-12-14-16-19(15-13-10-8-6-2)22-20(21)17-18(3)4/h18-19H,5-17H2,1-4H3. The molecule has 0 rings (SSSR count). The summed E-state index contributed by atoms with van der Waals surface area (Å²) in [5.41, 5.74) is 0. The van der Waals surface area contributed by atoms with Crippen LogP contribution in [0.5, 0.6) is 0 Å². The smallest absolute Gasteiger partial charge is 0.306 e. The molecule has 0 aromatic carbocycles. The fourth-order valence-electron chi connectivity index (χ4n) is 2.78. The van der Waals surface area contributed by atoms with Crippen LogP contribution >= 0.6 is 0 Å². The van der Waals surface area contributed by atoms with Gasteiger partial charge in [0.15, 0.2) is 0 Å². The third-order valence-electron chi connectivity index (χ3n) is 4.13. The lowest BCUT2D eigenvalue weighted by molar-refractivity contribution is -0.150. The molecule has 0 aromatic heterocycles. The summed E-state index contributed by atoms with van der Waals surface area (Å²) in [7, 11) is 0. The Kier molecular flexibility index (Phi) is 15.0. The van der Waals surface area contributed by atoms with Crippen LogP contribution in [0.2, 0.25) is 0 Å². The number of carbonyl (C=O) groups is 1. The summed E-state index contributed by atoms with van der Waals surface area (Å²) in [6.45, 7) is 8.63. The Labute approximate surface area is 139 Å². The number of esters is 1. The van der Waals surface area contributed by atoms with E-state index in [1.54, 1.807) is 0 Å². The summed E-state index contributed by atoms with van der Waals surface area (Å²) in [5.74, 6) is 0.392. The van der Waals surface area contributed by atoms with Crippen molar-refractivity contribution in [1.82, 2.24) is 0 Å². The molecule has 2 heteroatoms. The molecule has 1 atom stereocenters. The largest absolute Gasteiger partial charge is 0.462 e. The van der Waals surface area contributed by atoms with E-state index in [1.807, 2.05) is 0 Å². The molecule has 0 aliphatic rings. The van der Waals surface area contributed by atoms with Gasteiger partial charge in [-0.1, -0.05) is 79.1 Å². The van der Waals surface area contributed by atoms with Crippen molar-refractivity contribution in [2.24, 2.45) is 5.92 Å². The van der Waals surface area contributed by atoms with Gasteiger partial charge in [-0.2, -0.15) is 0 Å².